The molecule has 0 aliphatic rings. The van der Waals surface area contributed by atoms with Crippen molar-refractivity contribution in [2.75, 3.05) is 23.8 Å². The Hall–Kier alpha value is -3.28. The summed E-state index contributed by atoms with van der Waals surface area (Å²) < 4.78 is 0. The molecule has 0 saturated carbocycles. The van der Waals surface area contributed by atoms with Gasteiger partial charge in [0, 0.05) is 30.2 Å². The van der Waals surface area contributed by atoms with E-state index in [0.29, 0.717) is 11.5 Å². The molecule has 0 bridgehead atoms. The van der Waals surface area contributed by atoms with Crippen LogP contribution in [0.1, 0.15) is 22.4 Å². The molecule has 1 amide bonds. The van der Waals surface area contributed by atoms with Gasteiger partial charge in [0.15, 0.2) is 5.82 Å². The van der Waals surface area contributed by atoms with Crippen LogP contribution in [0.4, 0.5) is 11.5 Å². The normalized spacial score (nSPS) is 10.6. The zero-order valence-corrected chi connectivity index (χ0v) is 16.9. The fourth-order valence-corrected chi connectivity index (χ4v) is 3.08. The molecular weight excluding hydrogens is 350 g/mol. The first-order valence-electron chi connectivity index (χ1n) is 9.20. The number of nitrogens with one attached hydrogen (secondary N) is 1. The summed E-state index contributed by atoms with van der Waals surface area (Å²) in [6.07, 6.45) is 1.72. The summed E-state index contributed by atoms with van der Waals surface area (Å²) in [5.41, 5.74) is 5.48. The van der Waals surface area contributed by atoms with Crippen molar-refractivity contribution in [2.45, 2.75) is 27.7 Å². The number of aryl methyl sites for hydroxylation is 3. The lowest BCUT2D eigenvalue weighted by Gasteiger charge is -2.22. The Balaban J connectivity index is 1.83. The van der Waals surface area contributed by atoms with Crippen LogP contribution in [0.5, 0.6) is 0 Å². The van der Waals surface area contributed by atoms with Gasteiger partial charge in [-0.1, -0.05) is 24.3 Å². The standard InChI is InChI=1S/C22H25N5O/c1-14-9-8-10-15(2)20(14)25-19(28)13-27(5)22-16(3)17(4)24-21(26-22)18-11-6-7-12-23-18/h6-12H,13H2,1-5H3,(H,25,28). The van der Waals surface area contributed by atoms with Gasteiger partial charge in [0.2, 0.25) is 5.91 Å². The van der Waals surface area contributed by atoms with Crippen LogP contribution in [-0.2, 0) is 4.79 Å². The first-order chi connectivity index (χ1) is 13.4. The van der Waals surface area contributed by atoms with Gasteiger partial charge < -0.3 is 10.2 Å². The second-order valence-electron chi connectivity index (χ2n) is 6.97. The lowest BCUT2D eigenvalue weighted by Crippen LogP contribution is -2.32. The first-order valence-corrected chi connectivity index (χ1v) is 9.20. The number of pyridine rings is 1. The molecule has 0 radical (unpaired) electrons. The number of nitrogens with zero attached hydrogens (tertiary/aromatic N) is 4. The smallest absolute Gasteiger partial charge is 0.243 e. The minimum atomic E-state index is -0.0880. The van der Waals surface area contributed by atoms with Crippen LogP contribution in [0.3, 0.4) is 0 Å². The van der Waals surface area contributed by atoms with Crippen LogP contribution in [-0.4, -0.2) is 34.5 Å². The van der Waals surface area contributed by atoms with Crippen molar-refractivity contribution in [1.82, 2.24) is 15.0 Å². The molecule has 2 heterocycles. The van der Waals surface area contributed by atoms with Gasteiger partial charge in [-0.05, 0) is 51.0 Å². The van der Waals surface area contributed by atoms with Crippen LogP contribution >= 0.6 is 0 Å². The maximum Gasteiger partial charge on any atom is 0.243 e. The van der Waals surface area contributed by atoms with Crippen molar-refractivity contribution in [3.05, 3.63) is 65.0 Å². The number of rotatable bonds is 5. The predicted octanol–water partition coefficient (Wildman–Crippen LogP) is 3.85. The lowest BCUT2D eigenvalue weighted by atomic mass is 10.1. The molecule has 0 unspecified atom stereocenters. The molecule has 1 N–H and O–H groups in total. The molecule has 144 valence electrons. The number of benzene rings is 1. The molecule has 0 saturated heterocycles. The first kappa shape index (κ1) is 19.5. The van der Waals surface area contributed by atoms with E-state index >= 15 is 0 Å². The van der Waals surface area contributed by atoms with E-state index in [1.807, 2.05) is 76.0 Å². The maximum atomic E-state index is 12.6. The van der Waals surface area contributed by atoms with Gasteiger partial charge in [0.1, 0.15) is 11.5 Å². The minimum absolute atomic E-state index is 0.0880. The van der Waals surface area contributed by atoms with Crippen molar-refractivity contribution in [2.24, 2.45) is 0 Å². The summed E-state index contributed by atoms with van der Waals surface area (Å²) in [7, 11) is 1.86. The Labute approximate surface area is 165 Å². The van der Waals surface area contributed by atoms with Crippen LogP contribution in [0.25, 0.3) is 11.5 Å². The molecule has 0 atom stereocenters. The monoisotopic (exact) mass is 375 g/mol. The molecule has 0 aliphatic carbocycles. The number of hydrogen-bond acceptors (Lipinski definition) is 5. The Morgan fingerprint density at radius 2 is 1.71 bits per heavy atom. The number of anilines is 2. The summed E-state index contributed by atoms with van der Waals surface area (Å²) in [6.45, 7) is 8.07. The van der Waals surface area contributed by atoms with Gasteiger partial charge in [-0.2, -0.15) is 0 Å². The van der Waals surface area contributed by atoms with Gasteiger partial charge in [-0.15, -0.1) is 0 Å². The van der Waals surface area contributed by atoms with Gasteiger partial charge in [0.05, 0.1) is 6.54 Å². The van der Waals surface area contributed by atoms with Crippen LogP contribution < -0.4 is 10.2 Å². The van der Waals surface area contributed by atoms with E-state index in [2.05, 4.69) is 20.3 Å². The number of carbonyl (C=O) groups is 1. The summed E-state index contributed by atoms with van der Waals surface area (Å²) in [5, 5.41) is 3.02. The number of aromatic nitrogens is 3. The minimum Gasteiger partial charge on any atom is -0.350 e. The van der Waals surface area contributed by atoms with Crippen molar-refractivity contribution < 1.29 is 4.79 Å². The second kappa shape index (κ2) is 8.17. The SMILES string of the molecule is Cc1cccc(C)c1NC(=O)CN(C)c1nc(-c2ccccn2)nc(C)c1C. The quantitative estimate of drug-likeness (QED) is 0.733. The average molecular weight is 375 g/mol. The van der Waals surface area contributed by atoms with Crippen LogP contribution in [0.2, 0.25) is 0 Å². The molecule has 2 aromatic heterocycles. The number of amides is 1. The zero-order chi connectivity index (χ0) is 20.3. The van der Waals surface area contributed by atoms with Gasteiger partial charge >= 0.3 is 0 Å². The molecule has 0 aliphatic heterocycles. The van der Waals surface area contributed by atoms with Gasteiger partial charge in [-0.25, -0.2) is 9.97 Å². The fourth-order valence-electron chi connectivity index (χ4n) is 3.08. The highest BCUT2D eigenvalue weighted by atomic mass is 16.2. The molecule has 0 fully saturated rings. The van der Waals surface area contributed by atoms with Crippen molar-refractivity contribution in [3.63, 3.8) is 0 Å². The second-order valence-corrected chi connectivity index (χ2v) is 6.97. The highest BCUT2D eigenvalue weighted by Crippen LogP contribution is 2.23. The Bertz CT molecular complexity index is 981. The third-order valence-electron chi connectivity index (χ3n) is 4.75. The maximum absolute atomic E-state index is 12.6. The number of hydrogen-bond donors (Lipinski definition) is 1. The lowest BCUT2D eigenvalue weighted by molar-refractivity contribution is -0.114. The number of para-hydroxylation sites is 1. The molecule has 6 heteroatoms. The number of carbonyl (C=O) groups excluding carboxylic acids is 1. The molecule has 28 heavy (non-hydrogen) atoms. The third kappa shape index (κ3) is 4.17. The highest BCUT2D eigenvalue weighted by Gasteiger charge is 2.17. The third-order valence-corrected chi connectivity index (χ3v) is 4.75. The Morgan fingerprint density at radius 3 is 2.36 bits per heavy atom. The average Bonchev–Trinajstić information content (AvgIpc) is 2.67. The molecule has 0 spiro atoms. The molecule has 6 nitrogen and oxygen atoms in total. The van der Waals surface area contributed by atoms with E-state index in [4.69, 9.17) is 0 Å². The molecule has 3 aromatic rings. The predicted molar refractivity (Wildman–Crippen MR) is 113 cm³/mol. The summed E-state index contributed by atoms with van der Waals surface area (Å²) in [4.78, 5) is 28.0. The summed E-state index contributed by atoms with van der Waals surface area (Å²) in [6, 6.07) is 11.6. The van der Waals surface area contributed by atoms with Gasteiger partial charge in [-0.3, -0.25) is 9.78 Å². The van der Waals surface area contributed by atoms with E-state index in [9.17, 15) is 4.79 Å². The Morgan fingerprint density at radius 1 is 1.00 bits per heavy atom. The molecule has 1 aromatic carbocycles. The topological polar surface area (TPSA) is 71.0 Å². The van der Waals surface area contributed by atoms with E-state index in [1.54, 1.807) is 6.20 Å². The summed E-state index contributed by atoms with van der Waals surface area (Å²) >= 11 is 0. The fraction of sp³-hybridized carbons (Fsp3) is 0.273. The van der Waals surface area contributed by atoms with E-state index in [0.717, 1.165) is 33.9 Å². The van der Waals surface area contributed by atoms with Crippen molar-refractivity contribution in [3.8, 4) is 11.5 Å². The van der Waals surface area contributed by atoms with Crippen LogP contribution in [0.15, 0.2) is 42.6 Å². The van der Waals surface area contributed by atoms with E-state index in [-0.39, 0.29) is 12.5 Å². The molecular formula is C22H25N5O. The number of likely N-dealkylation sites (N-methyl/N-ethyl adjacent to an activating group) is 1. The van der Waals surface area contributed by atoms with Crippen molar-refractivity contribution >= 4 is 17.4 Å². The largest absolute Gasteiger partial charge is 0.350 e. The van der Waals surface area contributed by atoms with Crippen LogP contribution in [0, 0.1) is 27.7 Å². The van der Waals surface area contributed by atoms with E-state index in [1.165, 1.54) is 0 Å². The highest BCUT2D eigenvalue weighted by molar-refractivity contribution is 5.95. The zero-order valence-electron chi connectivity index (χ0n) is 16.9. The van der Waals surface area contributed by atoms with E-state index < -0.39 is 0 Å². The van der Waals surface area contributed by atoms with Crippen molar-refractivity contribution in [1.29, 1.82) is 0 Å². The summed E-state index contributed by atoms with van der Waals surface area (Å²) in [5.74, 6) is 1.19. The Kier molecular flexibility index (Phi) is 5.68. The molecule has 3 rings (SSSR count). The van der Waals surface area contributed by atoms with Gasteiger partial charge in [0.25, 0.3) is 0 Å².